The van der Waals surface area contributed by atoms with Crippen molar-refractivity contribution in [3.8, 4) is 0 Å². The summed E-state index contributed by atoms with van der Waals surface area (Å²) in [5, 5.41) is 8.96. The van der Waals surface area contributed by atoms with E-state index >= 15 is 4.79 Å². The van der Waals surface area contributed by atoms with Crippen LogP contribution < -0.4 is 0 Å². The van der Waals surface area contributed by atoms with Crippen molar-refractivity contribution in [1.29, 1.82) is 0 Å². The molecule has 0 spiro atoms. The Labute approximate surface area is 338 Å². The first kappa shape index (κ1) is 44.3. The molecule has 0 saturated carbocycles. The van der Waals surface area contributed by atoms with Gasteiger partial charge in [-0.2, -0.15) is 22.7 Å². The number of urea groups is 1. The molecule has 2 atom stereocenters. The van der Waals surface area contributed by atoms with E-state index in [1.54, 1.807) is 22.7 Å². The van der Waals surface area contributed by atoms with E-state index in [0.29, 0.717) is 0 Å². The zero-order chi connectivity index (χ0) is 39.0. The molecule has 0 aliphatic carbocycles. The number of carbonyl (C=O) groups is 1. The van der Waals surface area contributed by atoms with Crippen LogP contribution >= 0.6 is 22.7 Å². The molecule has 54 heavy (non-hydrogen) atoms. The van der Waals surface area contributed by atoms with E-state index in [4.69, 9.17) is 0 Å². The molecule has 4 heterocycles. The Morgan fingerprint density at radius 3 is 1.24 bits per heavy atom. The van der Waals surface area contributed by atoms with Gasteiger partial charge in [-0.05, 0) is 136 Å². The molecule has 7 heteroatoms. The Bertz CT molecular complexity index is 1370. The maximum Gasteiger partial charge on any atom is 0.330 e. The molecule has 0 bridgehead atoms. The van der Waals surface area contributed by atoms with Crippen molar-refractivity contribution in [2.75, 3.05) is 41.3 Å². The molecule has 300 valence electrons. The van der Waals surface area contributed by atoms with Gasteiger partial charge in [0.05, 0.1) is 11.1 Å². The van der Waals surface area contributed by atoms with Gasteiger partial charge in [0.15, 0.2) is 0 Å². The first-order chi connectivity index (χ1) is 26.0. The Kier molecular flexibility index (Phi) is 18.3. The maximum absolute atomic E-state index is 16.1. The molecule has 2 aliphatic rings. The van der Waals surface area contributed by atoms with E-state index in [1.165, 1.54) is 101 Å². The lowest BCUT2D eigenvalue weighted by Crippen LogP contribution is -2.59. The monoisotopic (exact) mass is 775 g/mol. The van der Waals surface area contributed by atoms with E-state index in [-0.39, 0.29) is 17.9 Å². The largest absolute Gasteiger partial charge is 0.330 e. The molecule has 0 aromatic carbocycles. The molecule has 2 unspecified atom stereocenters. The van der Waals surface area contributed by atoms with Crippen LogP contribution in [-0.4, -0.2) is 66.9 Å². The third kappa shape index (κ3) is 11.8. The molecule has 0 N–H and O–H groups in total. The average molecular weight is 775 g/mol. The molecular weight excluding hydrogens is 701 g/mol. The maximum atomic E-state index is 16.1. The summed E-state index contributed by atoms with van der Waals surface area (Å²) < 4.78 is 0. The summed E-state index contributed by atoms with van der Waals surface area (Å²) in [6.45, 7) is 11.4. The third-order valence-electron chi connectivity index (χ3n) is 11.5. The second kappa shape index (κ2) is 22.3. The van der Waals surface area contributed by atoms with Gasteiger partial charge >= 0.3 is 6.03 Å². The number of rotatable bonds is 24. The normalized spacial score (nSPS) is 20.2. The van der Waals surface area contributed by atoms with Crippen molar-refractivity contribution < 1.29 is 4.79 Å². The van der Waals surface area contributed by atoms with Gasteiger partial charge in [0.25, 0.3) is 0 Å². The van der Waals surface area contributed by atoms with Gasteiger partial charge in [-0.25, -0.2) is 4.79 Å². The van der Waals surface area contributed by atoms with Gasteiger partial charge < -0.3 is 9.80 Å². The lowest BCUT2D eigenvalue weighted by atomic mass is 9.78. The number of hydrogen-bond donors (Lipinski definition) is 0. The molecule has 0 radical (unpaired) electrons. The summed E-state index contributed by atoms with van der Waals surface area (Å²) >= 11 is 3.48. The van der Waals surface area contributed by atoms with Crippen LogP contribution in [0.15, 0.2) is 81.5 Å². The molecule has 2 aromatic rings. The molecule has 2 amide bonds. The first-order valence-electron chi connectivity index (χ1n) is 21.3. The summed E-state index contributed by atoms with van der Waals surface area (Å²) in [6.07, 6.45) is 32.9. The quantitative estimate of drug-likeness (QED) is 0.0995. The fraction of sp³-hybridized carbons (Fsp3) is 0.638. The second-order valence-corrected chi connectivity index (χ2v) is 18.7. The highest BCUT2D eigenvalue weighted by atomic mass is 32.1. The Hall–Kier alpha value is -2.45. The zero-order valence-electron chi connectivity index (χ0n) is 35.3. The van der Waals surface area contributed by atoms with E-state index in [0.717, 1.165) is 37.1 Å². The summed E-state index contributed by atoms with van der Waals surface area (Å²) in [7, 11) is 8.66. The first-order valence-corrected chi connectivity index (χ1v) is 23.2. The summed E-state index contributed by atoms with van der Waals surface area (Å²) in [6, 6.07) is 4.65. The number of hydrogen-bond acceptors (Lipinski definition) is 5. The van der Waals surface area contributed by atoms with Crippen LogP contribution in [0.5, 0.6) is 0 Å². The fourth-order valence-electron chi connectivity index (χ4n) is 8.50. The topological polar surface area (TPSA) is 30.0 Å². The van der Waals surface area contributed by atoms with Crippen LogP contribution in [0.25, 0.3) is 0 Å². The van der Waals surface area contributed by atoms with Crippen LogP contribution in [0.1, 0.15) is 142 Å². The Morgan fingerprint density at radius 2 is 0.926 bits per heavy atom. The smallest absolute Gasteiger partial charge is 0.309 e. The van der Waals surface area contributed by atoms with E-state index in [2.05, 4.69) is 146 Å². The number of carbonyl (C=O) groups excluding carboxylic acids is 1. The molecule has 0 fully saturated rings. The van der Waals surface area contributed by atoms with Crippen molar-refractivity contribution in [2.24, 2.45) is 11.8 Å². The van der Waals surface area contributed by atoms with Gasteiger partial charge in [0, 0.05) is 11.4 Å². The Morgan fingerprint density at radius 1 is 0.574 bits per heavy atom. The molecule has 0 saturated heterocycles. The molecule has 2 aromatic heterocycles. The van der Waals surface area contributed by atoms with Crippen LogP contribution in [0.3, 0.4) is 0 Å². The Balaban J connectivity index is 1.63. The van der Waals surface area contributed by atoms with Gasteiger partial charge in [-0.1, -0.05) is 129 Å². The molecule has 4 rings (SSSR count). The number of thiophene rings is 2. The summed E-state index contributed by atoms with van der Waals surface area (Å²) in [5.74, 6) is 0.387. The minimum atomic E-state index is -0.534. The zero-order valence-corrected chi connectivity index (χ0v) is 37.0. The van der Waals surface area contributed by atoms with Gasteiger partial charge in [-0.3, -0.25) is 9.80 Å². The van der Waals surface area contributed by atoms with Gasteiger partial charge in [0.1, 0.15) is 0 Å². The van der Waals surface area contributed by atoms with Crippen molar-refractivity contribution >= 4 is 28.7 Å². The molecular formula is C47H74N4OS2. The molecule has 5 nitrogen and oxygen atoms in total. The van der Waals surface area contributed by atoms with E-state index in [9.17, 15) is 0 Å². The lowest BCUT2D eigenvalue weighted by Gasteiger charge is -2.53. The number of amides is 2. The summed E-state index contributed by atoms with van der Waals surface area (Å²) in [5.41, 5.74) is 3.63. The lowest BCUT2D eigenvalue weighted by molar-refractivity contribution is 0.0853. The van der Waals surface area contributed by atoms with E-state index in [1.807, 2.05) is 0 Å². The predicted octanol–water partition coefficient (Wildman–Crippen LogP) is 13.2. The minimum Gasteiger partial charge on any atom is -0.309 e. The van der Waals surface area contributed by atoms with Crippen LogP contribution in [0.2, 0.25) is 0 Å². The highest BCUT2D eigenvalue weighted by Crippen LogP contribution is 2.49. The van der Waals surface area contributed by atoms with Crippen LogP contribution in [0.4, 0.5) is 4.79 Å². The van der Waals surface area contributed by atoms with Crippen molar-refractivity contribution in [1.82, 2.24) is 19.6 Å². The minimum absolute atomic E-state index is 0.114. The fourth-order valence-corrected chi connectivity index (χ4v) is 9.96. The van der Waals surface area contributed by atoms with Crippen LogP contribution in [0, 0.1) is 11.8 Å². The van der Waals surface area contributed by atoms with Crippen molar-refractivity contribution in [2.45, 2.75) is 142 Å². The van der Waals surface area contributed by atoms with Crippen molar-refractivity contribution in [3.05, 3.63) is 92.6 Å². The van der Waals surface area contributed by atoms with Gasteiger partial charge in [-0.15, -0.1) is 0 Å². The second-order valence-electron chi connectivity index (χ2n) is 17.1. The third-order valence-corrected chi connectivity index (χ3v) is 12.9. The predicted molar refractivity (Wildman–Crippen MR) is 236 cm³/mol. The molecule has 2 aliphatic heterocycles. The standard InChI is InChI=1S/C47H74N4OS2/c1-39(2)43-25-23-31-46(41-27-35-53-37-41,29-19-15-11-9-13-17-21-33-48(5)6)50(43)45(52)51-44(40(3)4)26-24-32-47(51,42-28-36-54-38-42)30-20-16-12-10-14-18-22-34-49(7)8/h23-28,31-32,35-40H,9-22,29-30,33-34H2,1-8H3. The van der Waals surface area contributed by atoms with Crippen LogP contribution in [-0.2, 0) is 11.1 Å². The average Bonchev–Trinajstić information content (AvgIpc) is 3.89. The van der Waals surface area contributed by atoms with E-state index < -0.39 is 11.1 Å². The highest BCUT2D eigenvalue weighted by molar-refractivity contribution is 7.08. The number of allylic oxidation sites excluding steroid dienone is 6. The highest BCUT2D eigenvalue weighted by Gasteiger charge is 2.50. The SMILES string of the molecule is CC(C)C1=CC=CC(CCCCCCCCCN(C)C)(c2ccsc2)N1C(=O)N1C(C(C)C)=CC=CC1(CCCCCCCCCN(C)C)c1ccsc1. The number of unbranched alkanes of at least 4 members (excludes halogenated alkanes) is 12. The number of nitrogens with zero attached hydrogens (tertiary/aromatic N) is 4. The van der Waals surface area contributed by atoms with Gasteiger partial charge in [0.2, 0.25) is 0 Å². The summed E-state index contributed by atoms with van der Waals surface area (Å²) in [4.78, 5) is 25.2. The van der Waals surface area contributed by atoms with Crippen molar-refractivity contribution in [3.63, 3.8) is 0 Å².